The SMILES string of the molecule is COc1cccc(CNCC(=O)CN)c1. The number of Topliss-reactive ketones (excluding diaryl/α,β-unsaturated/α-hetero) is 1. The number of nitrogens with two attached hydrogens (primary N) is 1. The van der Waals surface area contributed by atoms with Crippen molar-refractivity contribution in [3.8, 4) is 5.75 Å². The molecule has 0 fully saturated rings. The molecule has 0 aliphatic rings. The number of carbonyl (C=O) groups is 1. The standard InChI is InChI=1S/C11H16N2O2/c1-15-11-4-2-3-9(5-11)7-13-8-10(14)6-12/h2-5,13H,6-8,12H2,1H3. The van der Waals surface area contributed by atoms with E-state index in [2.05, 4.69) is 5.32 Å². The van der Waals surface area contributed by atoms with Crippen molar-refractivity contribution >= 4 is 5.78 Å². The van der Waals surface area contributed by atoms with Gasteiger partial charge in [0.15, 0.2) is 5.78 Å². The van der Waals surface area contributed by atoms with E-state index in [-0.39, 0.29) is 12.3 Å². The molecule has 1 aromatic carbocycles. The van der Waals surface area contributed by atoms with Gasteiger partial charge in [-0.1, -0.05) is 12.1 Å². The molecular weight excluding hydrogens is 192 g/mol. The quantitative estimate of drug-likeness (QED) is 0.706. The monoisotopic (exact) mass is 208 g/mol. The van der Waals surface area contributed by atoms with E-state index in [4.69, 9.17) is 10.5 Å². The summed E-state index contributed by atoms with van der Waals surface area (Å²) in [4.78, 5) is 10.9. The second-order valence-electron chi connectivity index (χ2n) is 3.20. The normalized spacial score (nSPS) is 10.0. The molecule has 3 N–H and O–H groups in total. The van der Waals surface area contributed by atoms with Crippen LogP contribution in [0.15, 0.2) is 24.3 Å². The van der Waals surface area contributed by atoms with Crippen LogP contribution in [-0.4, -0.2) is 26.0 Å². The topological polar surface area (TPSA) is 64.3 Å². The van der Waals surface area contributed by atoms with Gasteiger partial charge in [-0.05, 0) is 17.7 Å². The van der Waals surface area contributed by atoms with E-state index in [0.717, 1.165) is 11.3 Å². The third-order valence-electron chi connectivity index (χ3n) is 2.01. The minimum Gasteiger partial charge on any atom is -0.497 e. The first-order valence-corrected chi connectivity index (χ1v) is 4.81. The van der Waals surface area contributed by atoms with Crippen LogP contribution in [0.3, 0.4) is 0 Å². The molecule has 0 heterocycles. The Morgan fingerprint density at radius 3 is 3.00 bits per heavy atom. The Morgan fingerprint density at radius 2 is 2.33 bits per heavy atom. The molecule has 0 aromatic heterocycles. The first-order valence-electron chi connectivity index (χ1n) is 4.81. The third kappa shape index (κ3) is 4.10. The minimum absolute atomic E-state index is 0.0119. The molecule has 0 aliphatic carbocycles. The number of rotatable bonds is 6. The van der Waals surface area contributed by atoms with E-state index in [1.165, 1.54) is 0 Å². The van der Waals surface area contributed by atoms with Crippen LogP contribution in [0.2, 0.25) is 0 Å². The zero-order valence-electron chi connectivity index (χ0n) is 8.82. The van der Waals surface area contributed by atoms with Gasteiger partial charge in [0.1, 0.15) is 5.75 Å². The van der Waals surface area contributed by atoms with Crippen molar-refractivity contribution in [2.75, 3.05) is 20.2 Å². The highest BCUT2D eigenvalue weighted by atomic mass is 16.5. The number of ketones is 1. The maximum absolute atomic E-state index is 10.9. The highest BCUT2D eigenvalue weighted by Crippen LogP contribution is 2.11. The predicted octanol–water partition coefficient (Wildman–Crippen LogP) is 0.313. The maximum atomic E-state index is 10.9. The van der Waals surface area contributed by atoms with Gasteiger partial charge in [-0.25, -0.2) is 0 Å². The van der Waals surface area contributed by atoms with Crippen LogP contribution in [0.1, 0.15) is 5.56 Å². The fourth-order valence-corrected chi connectivity index (χ4v) is 1.20. The van der Waals surface area contributed by atoms with Gasteiger partial charge in [0, 0.05) is 6.54 Å². The average molecular weight is 208 g/mol. The molecule has 15 heavy (non-hydrogen) atoms. The Kier molecular flexibility index (Phi) is 4.80. The molecule has 82 valence electrons. The Morgan fingerprint density at radius 1 is 1.53 bits per heavy atom. The van der Waals surface area contributed by atoms with Crippen LogP contribution in [0.25, 0.3) is 0 Å². The number of hydrogen-bond donors (Lipinski definition) is 2. The van der Waals surface area contributed by atoms with Gasteiger partial charge in [-0.2, -0.15) is 0 Å². The Hall–Kier alpha value is -1.39. The zero-order valence-corrected chi connectivity index (χ0v) is 8.82. The molecule has 0 atom stereocenters. The van der Waals surface area contributed by atoms with Gasteiger partial charge in [-0.3, -0.25) is 4.79 Å². The molecule has 0 amide bonds. The van der Waals surface area contributed by atoms with Crippen molar-refractivity contribution in [1.29, 1.82) is 0 Å². The van der Waals surface area contributed by atoms with Crippen LogP contribution in [-0.2, 0) is 11.3 Å². The third-order valence-corrected chi connectivity index (χ3v) is 2.01. The second-order valence-corrected chi connectivity index (χ2v) is 3.20. The summed E-state index contributed by atoms with van der Waals surface area (Å²) >= 11 is 0. The van der Waals surface area contributed by atoms with Crippen molar-refractivity contribution in [2.45, 2.75) is 6.54 Å². The molecule has 0 spiro atoms. The lowest BCUT2D eigenvalue weighted by Gasteiger charge is -2.05. The van der Waals surface area contributed by atoms with Crippen LogP contribution in [0.5, 0.6) is 5.75 Å². The van der Waals surface area contributed by atoms with Gasteiger partial charge in [0.2, 0.25) is 0 Å². The van der Waals surface area contributed by atoms with E-state index in [0.29, 0.717) is 13.1 Å². The lowest BCUT2D eigenvalue weighted by atomic mass is 10.2. The summed E-state index contributed by atoms with van der Waals surface area (Å²) < 4.78 is 5.09. The summed E-state index contributed by atoms with van der Waals surface area (Å²) in [6.45, 7) is 1.04. The maximum Gasteiger partial charge on any atom is 0.160 e. The smallest absolute Gasteiger partial charge is 0.160 e. The van der Waals surface area contributed by atoms with Crippen molar-refractivity contribution < 1.29 is 9.53 Å². The zero-order chi connectivity index (χ0) is 11.1. The van der Waals surface area contributed by atoms with E-state index < -0.39 is 0 Å². The highest BCUT2D eigenvalue weighted by Gasteiger charge is 1.98. The molecule has 0 saturated heterocycles. The van der Waals surface area contributed by atoms with E-state index in [9.17, 15) is 4.79 Å². The van der Waals surface area contributed by atoms with Crippen molar-refractivity contribution in [3.63, 3.8) is 0 Å². The number of nitrogens with one attached hydrogen (secondary N) is 1. The molecule has 1 rings (SSSR count). The van der Waals surface area contributed by atoms with Gasteiger partial charge < -0.3 is 15.8 Å². The fourth-order valence-electron chi connectivity index (χ4n) is 1.20. The summed E-state index contributed by atoms with van der Waals surface area (Å²) in [6.07, 6.45) is 0. The molecular formula is C11H16N2O2. The highest BCUT2D eigenvalue weighted by molar-refractivity contribution is 5.82. The van der Waals surface area contributed by atoms with Crippen LogP contribution in [0.4, 0.5) is 0 Å². The number of hydrogen-bond acceptors (Lipinski definition) is 4. The first-order chi connectivity index (χ1) is 7.26. The molecule has 0 saturated carbocycles. The Bertz CT molecular complexity index is 326. The van der Waals surface area contributed by atoms with Crippen LogP contribution >= 0.6 is 0 Å². The first kappa shape index (κ1) is 11.7. The van der Waals surface area contributed by atoms with Crippen LogP contribution in [0, 0.1) is 0 Å². The Balaban J connectivity index is 2.40. The minimum atomic E-state index is 0.0119. The van der Waals surface area contributed by atoms with Gasteiger partial charge in [-0.15, -0.1) is 0 Å². The largest absolute Gasteiger partial charge is 0.497 e. The average Bonchev–Trinajstić information content (AvgIpc) is 2.29. The van der Waals surface area contributed by atoms with E-state index in [1.807, 2.05) is 24.3 Å². The van der Waals surface area contributed by atoms with Crippen molar-refractivity contribution in [3.05, 3.63) is 29.8 Å². The van der Waals surface area contributed by atoms with Gasteiger partial charge >= 0.3 is 0 Å². The molecule has 0 unspecified atom stereocenters. The molecule has 0 radical (unpaired) electrons. The van der Waals surface area contributed by atoms with Crippen LogP contribution < -0.4 is 15.8 Å². The number of carbonyl (C=O) groups excluding carboxylic acids is 1. The number of ether oxygens (including phenoxy) is 1. The summed E-state index contributed by atoms with van der Waals surface area (Å²) in [5.41, 5.74) is 6.27. The van der Waals surface area contributed by atoms with E-state index in [1.54, 1.807) is 7.11 Å². The fraction of sp³-hybridized carbons (Fsp3) is 0.364. The van der Waals surface area contributed by atoms with Crippen molar-refractivity contribution in [2.24, 2.45) is 5.73 Å². The molecule has 0 bridgehead atoms. The molecule has 0 aliphatic heterocycles. The number of benzene rings is 1. The summed E-state index contributed by atoms with van der Waals surface area (Å²) in [5.74, 6) is 0.831. The van der Waals surface area contributed by atoms with Gasteiger partial charge in [0.05, 0.1) is 20.2 Å². The van der Waals surface area contributed by atoms with E-state index >= 15 is 0 Å². The summed E-state index contributed by atoms with van der Waals surface area (Å²) in [5, 5.41) is 3.02. The Labute approximate surface area is 89.4 Å². The molecule has 1 aromatic rings. The summed E-state index contributed by atoms with van der Waals surface area (Å²) in [7, 11) is 1.63. The van der Waals surface area contributed by atoms with Crippen molar-refractivity contribution in [1.82, 2.24) is 5.32 Å². The molecule has 4 nitrogen and oxygen atoms in total. The lowest BCUT2D eigenvalue weighted by Crippen LogP contribution is -2.27. The number of methoxy groups -OCH3 is 1. The summed E-state index contributed by atoms with van der Waals surface area (Å²) in [6, 6.07) is 7.71. The molecule has 4 heteroatoms. The second kappa shape index (κ2) is 6.16. The van der Waals surface area contributed by atoms with Gasteiger partial charge in [0.25, 0.3) is 0 Å². The lowest BCUT2D eigenvalue weighted by molar-refractivity contribution is -0.116. The predicted molar refractivity (Wildman–Crippen MR) is 58.8 cm³/mol.